The van der Waals surface area contributed by atoms with Crippen molar-refractivity contribution >= 4 is 12.0 Å². The van der Waals surface area contributed by atoms with Crippen LogP contribution in [0.5, 0.6) is 0 Å². The molecule has 1 fully saturated rings. The molecule has 2 amide bonds. The second-order valence-corrected chi connectivity index (χ2v) is 13.0. The molecule has 0 spiro atoms. The fraction of sp³-hybridized carbons (Fsp3) is 0.366. The van der Waals surface area contributed by atoms with Crippen molar-refractivity contribution < 1.29 is 34.0 Å². The Hall–Kier alpha value is -4.58. The van der Waals surface area contributed by atoms with Gasteiger partial charge in [0, 0.05) is 30.6 Å². The average molecular weight is 696 g/mol. The first kappa shape index (κ1) is 37.7. The van der Waals surface area contributed by atoms with Gasteiger partial charge < -0.3 is 35.1 Å². The van der Waals surface area contributed by atoms with E-state index in [2.05, 4.69) is 22.5 Å². The minimum Gasteiger partial charge on any atom is -0.465 e. The van der Waals surface area contributed by atoms with Gasteiger partial charge in [0.2, 0.25) is 0 Å². The van der Waals surface area contributed by atoms with E-state index in [4.69, 9.17) is 14.2 Å². The number of aliphatic hydroxyl groups is 2. The van der Waals surface area contributed by atoms with E-state index >= 15 is 0 Å². The molecule has 0 aromatic heterocycles. The molecule has 10 nitrogen and oxygen atoms in total. The van der Waals surface area contributed by atoms with Gasteiger partial charge in [0.25, 0.3) is 0 Å². The van der Waals surface area contributed by atoms with Crippen LogP contribution in [0.2, 0.25) is 0 Å². The molecule has 10 heteroatoms. The summed E-state index contributed by atoms with van der Waals surface area (Å²) in [6, 6.07) is 32.9. The molecule has 0 saturated carbocycles. The van der Waals surface area contributed by atoms with Crippen LogP contribution in [-0.2, 0) is 32.2 Å². The van der Waals surface area contributed by atoms with Gasteiger partial charge in [0.05, 0.1) is 31.5 Å². The van der Waals surface area contributed by atoms with Crippen molar-refractivity contribution in [3.05, 3.63) is 131 Å². The molecule has 1 saturated heterocycles. The summed E-state index contributed by atoms with van der Waals surface area (Å²) in [6.07, 6.45) is -1.75. The lowest BCUT2D eigenvalue weighted by molar-refractivity contribution is -0.276. The molecule has 4 aromatic rings. The number of likely N-dealkylation sites (N-methyl/N-ethyl adjacent to an activating group) is 1. The van der Waals surface area contributed by atoms with Crippen LogP contribution in [0.1, 0.15) is 67.1 Å². The molecule has 1 aliphatic rings. The van der Waals surface area contributed by atoms with E-state index in [9.17, 15) is 19.8 Å². The van der Waals surface area contributed by atoms with Crippen molar-refractivity contribution in [3.63, 3.8) is 0 Å². The van der Waals surface area contributed by atoms with Gasteiger partial charge in [-0.05, 0) is 60.3 Å². The van der Waals surface area contributed by atoms with Gasteiger partial charge in [0.15, 0.2) is 6.29 Å². The van der Waals surface area contributed by atoms with Gasteiger partial charge in [-0.25, -0.2) is 4.79 Å². The topological polar surface area (TPSA) is 130 Å². The van der Waals surface area contributed by atoms with Crippen LogP contribution in [0.4, 0.5) is 4.79 Å². The second kappa shape index (κ2) is 18.1. The Morgan fingerprint density at radius 1 is 0.863 bits per heavy atom. The number of benzene rings is 4. The van der Waals surface area contributed by atoms with Crippen LogP contribution in [-0.4, -0.2) is 66.0 Å². The molecular weight excluding hydrogens is 646 g/mol. The molecule has 1 aliphatic heterocycles. The Morgan fingerprint density at radius 2 is 1.57 bits per heavy atom. The minimum atomic E-state index is -0.653. The highest BCUT2D eigenvalue weighted by Gasteiger charge is 2.39. The molecule has 4 aromatic carbocycles. The van der Waals surface area contributed by atoms with Gasteiger partial charge >= 0.3 is 12.0 Å². The number of carbonyl (C=O) groups excluding carboxylic acids is 2. The summed E-state index contributed by atoms with van der Waals surface area (Å²) in [7, 11) is 2.01. The number of esters is 1. The van der Waals surface area contributed by atoms with Crippen molar-refractivity contribution in [3.8, 4) is 11.1 Å². The fourth-order valence-corrected chi connectivity index (χ4v) is 6.25. The number of nitrogens with one attached hydrogen (secondary N) is 2. The molecule has 51 heavy (non-hydrogen) atoms. The lowest BCUT2D eigenvalue weighted by Crippen LogP contribution is -2.46. The summed E-state index contributed by atoms with van der Waals surface area (Å²) in [4.78, 5) is 25.8. The van der Waals surface area contributed by atoms with Crippen LogP contribution in [0.25, 0.3) is 11.1 Å². The zero-order valence-corrected chi connectivity index (χ0v) is 29.7. The Bertz CT molecular complexity index is 1700. The van der Waals surface area contributed by atoms with E-state index in [0.29, 0.717) is 13.1 Å². The first-order valence-electron chi connectivity index (χ1n) is 17.5. The second-order valence-electron chi connectivity index (χ2n) is 13.0. The summed E-state index contributed by atoms with van der Waals surface area (Å²) in [5.74, 6) is -0.493. The number of urea groups is 1. The zero-order valence-electron chi connectivity index (χ0n) is 29.7. The number of aliphatic hydroxyl groups excluding tert-OH is 2. The summed E-state index contributed by atoms with van der Waals surface area (Å²) in [6.45, 7) is 6.78. The van der Waals surface area contributed by atoms with E-state index in [1.807, 2.05) is 117 Å². The van der Waals surface area contributed by atoms with Gasteiger partial charge in [0.1, 0.15) is 6.54 Å². The predicted octanol–water partition coefficient (Wildman–Crippen LogP) is 6.05. The molecule has 0 unspecified atom stereocenters. The molecular formula is C41H49N3O7. The van der Waals surface area contributed by atoms with Crippen LogP contribution < -0.4 is 10.6 Å². The molecule has 1 heterocycles. The van der Waals surface area contributed by atoms with Gasteiger partial charge in [-0.2, -0.15) is 0 Å². The Morgan fingerprint density at radius 3 is 2.25 bits per heavy atom. The summed E-state index contributed by atoms with van der Waals surface area (Å²) in [5, 5.41) is 26.0. The third-order valence-electron chi connectivity index (χ3n) is 9.48. The molecule has 4 N–H and O–H groups in total. The van der Waals surface area contributed by atoms with E-state index in [0.717, 1.165) is 38.9 Å². The number of amides is 2. The van der Waals surface area contributed by atoms with Crippen molar-refractivity contribution in [2.75, 3.05) is 26.7 Å². The van der Waals surface area contributed by atoms with E-state index in [-0.39, 0.29) is 43.9 Å². The number of hydrogen-bond donors (Lipinski definition) is 4. The SMILES string of the molecule is CCOC(=O)CNC(=O)NCc1cccc(-c2ccc([C@H]3O[C@@H](CN(C)[C@H](C)[C@@H](O)c4ccccc4)[C@@H](C)[C@@H](c4ccc(CO)cc4)O3)cc2)c1. The van der Waals surface area contributed by atoms with Crippen LogP contribution in [0.15, 0.2) is 103 Å². The highest BCUT2D eigenvalue weighted by Crippen LogP contribution is 2.42. The van der Waals surface area contributed by atoms with Gasteiger partial charge in [-0.3, -0.25) is 9.69 Å². The molecule has 0 aliphatic carbocycles. The van der Waals surface area contributed by atoms with Crippen LogP contribution >= 0.6 is 0 Å². The van der Waals surface area contributed by atoms with E-state index < -0.39 is 24.4 Å². The maximum atomic E-state index is 12.2. The molecule has 270 valence electrons. The predicted molar refractivity (Wildman–Crippen MR) is 195 cm³/mol. The Balaban J connectivity index is 1.30. The quantitative estimate of drug-likeness (QED) is 0.117. The highest BCUT2D eigenvalue weighted by atomic mass is 16.7. The normalized spacial score (nSPS) is 20.0. The monoisotopic (exact) mass is 695 g/mol. The van der Waals surface area contributed by atoms with Crippen molar-refractivity contribution in [2.24, 2.45) is 5.92 Å². The first-order chi connectivity index (χ1) is 24.7. The smallest absolute Gasteiger partial charge is 0.325 e. The Kier molecular flexibility index (Phi) is 13.3. The largest absolute Gasteiger partial charge is 0.465 e. The van der Waals surface area contributed by atoms with Crippen LogP contribution in [0.3, 0.4) is 0 Å². The third-order valence-corrected chi connectivity index (χ3v) is 9.48. The number of hydrogen-bond acceptors (Lipinski definition) is 8. The van der Waals surface area contributed by atoms with Gasteiger partial charge in [-0.1, -0.05) is 104 Å². The highest BCUT2D eigenvalue weighted by molar-refractivity contribution is 5.80. The number of carbonyl (C=O) groups is 2. The third kappa shape index (κ3) is 10.0. The summed E-state index contributed by atoms with van der Waals surface area (Å²) < 4.78 is 18.2. The lowest BCUT2D eigenvalue weighted by atomic mass is 9.89. The van der Waals surface area contributed by atoms with E-state index in [1.165, 1.54) is 0 Å². The summed E-state index contributed by atoms with van der Waals surface area (Å²) in [5.41, 5.74) is 6.48. The molecule has 5 rings (SSSR count). The molecule has 0 radical (unpaired) electrons. The van der Waals surface area contributed by atoms with Crippen molar-refractivity contribution in [1.82, 2.24) is 15.5 Å². The minimum absolute atomic E-state index is 0.00684. The number of rotatable bonds is 14. The molecule has 0 bridgehead atoms. The Labute approximate surface area is 300 Å². The fourth-order valence-electron chi connectivity index (χ4n) is 6.25. The van der Waals surface area contributed by atoms with Crippen molar-refractivity contribution in [2.45, 2.75) is 64.6 Å². The summed E-state index contributed by atoms with van der Waals surface area (Å²) >= 11 is 0. The number of ether oxygens (including phenoxy) is 3. The molecule has 6 atom stereocenters. The maximum Gasteiger partial charge on any atom is 0.325 e. The zero-order chi connectivity index (χ0) is 36.3. The lowest BCUT2D eigenvalue weighted by Gasteiger charge is -2.43. The average Bonchev–Trinajstić information content (AvgIpc) is 3.17. The van der Waals surface area contributed by atoms with Crippen molar-refractivity contribution in [1.29, 1.82) is 0 Å². The van der Waals surface area contributed by atoms with Crippen LogP contribution in [0, 0.1) is 5.92 Å². The maximum absolute atomic E-state index is 12.2. The van der Waals surface area contributed by atoms with E-state index in [1.54, 1.807) is 6.92 Å². The first-order valence-corrected chi connectivity index (χ1v) is 17.5. The number of nitrogens with zero attached hydrogens (tertiary/aromatic N) is 1. The standard InChI is InChI=1S/C41H49N3O7/c1-5-49-37(46)24-43-41(48)42-23-30-10-9-13-35(22-30)31-18-20-34(21-19-31)40-50-36(25-44(4)28(3)38(47)32-11-7-6-8-12-32)27(2)39(51-40)33-16-14-29(26-45)15-17-33/h6-22,27-28,36,38-40,45,47H,5,23-26H2,1-4H3,(H2,42,43,48)/t27-,28-,36+,38-,39+,40+/m1/s1. The van der Waals surface area contributed by atoms with Gasteiger partial charge in [-0.15, -0.1) is 0 Å².